The van der Waals surface area contributed by atoms with E-state index in [-0.39, 0.29) is 44.1 Å². The molecule has 0 spiro atoms. The van der Waals surface area contributed by atoms with E-state index in [1.165, 1.54) is 0 Å². The van der Waals surface area contributed by atoms with Gasteiger partial charge in [-0.05, 0) is 0 Å². The molecule has 0 fully saturated rings. The zero-order valence-electron chi connectivity index (χ0n) is 3.07. The van der Waals surface area contributed by atoms with Crippen LogP contribution in [0.2, 0.25) is 0 Å². The van der Waals surface area contributed by atoms with Gasteiger partial charge in [-0.15, -0.1) is 19.2 Å². The third kappa shape index (κ3) is 11.1. The van der Waals surface area contributed by atoms with E-state index in [9.17, 15) is 0 Å². The summed E-state index contributed by atoms with van der Waals surface area (Å²) < 4.78 is 0. The largest absolute Gasteiger partial charge is 0.674 e. The van der Waals surface area contributed by atoms with Gasteiger partial charge in [-0.25, -0.2) is 0 Å². The number of hydrogen-bond donors (Lipinski definition) is 0. The Morgan fingerprint density at radius 2 is 2.00 bits per heavy atom. The molecular weight excluding hydrogens is 277 g/mol. The van der Waals surface area contributed by atoms with Gasteiger partial charge in [0.1, 0.15) is 0 Å². The minimum atomic E-state index is 0. The van der Waals surface area contributed by atoms with Crippen LogP contribution < -0.4 is 0 Å². The van der Waals surface area contributed by atoms with Crippen LogP contribution in [-0.2, 0) is 0 Å². The van der Waals surface area contributed by atoms with Gasteiger partial charge in [-0.1, -0.05) is 0 Å². The molecule has 0 bridgehead atoms. The van der Waals surface area contributed by atoms with Gasteiger partial charge in [0.2, 0.25) is 0 Å². The molecule has 0 heterocycles. The molecule has 5 heavy (non-hydrogen) atoms. The van der Waals surface area contributed by atoms with E-state index >= 15 is 0 Å². The first-order valence-electron chi connectivity index (χ1n) is 1.17. The van der Waals surface area contributed by atoms with Crippen molar-refractivity contribution < 1.29 is 44.1 Å². The Morgan fingerprint density at radius 1 is 1.80 bits per heavy atom. The molecule has 1 N–H and O–H groups in total. The van der Waals surface area contributed by atoms with E-state index in [0.717, 1.165) is 0 Å². The van der Waals surface area contributed by atoms with Gasteiger partial charge in [0.15, 0.2) is 0 Å². The standard InChI is InChI=1S/C3H6N.Ac/c1-2-3-4;/h2,4H,1,3H2;/q-1;. The van der Waals surface area contributed by atoms with Crippen LogP contribution in [0.25, 0.3) is 5.73 Å². The van der Waals surface area contributed by atoms with Crippen molar-refractivity contribution in [1.29, 1.82) is 0 Å². The smallest absolute Gasteiger partial charge is 0 e. The molecule has 0 aliphatic carbocycles. The van der Waals surface area contributed by atoms with Crippen LogP contribution in [0.1, 0.15) is 0 Å². The molecule has 1 radical (unpaired) electrons. The first-order chi connectivity index (χ1) is 1.91. The van der Waals surface area contributed by atoms with E-state index < -0.39 is 0 Å². The molecule has 0 aromatic rings. The molecule has 0 rings (SSSR count). The summed E-state index contributed by atoms with van der Waals surface area (Å²) in [6.45, 7) is 3.62. The third-order valence-corrected chi connectivity index (χ3v) is 0.144. The van der Waals surface area contributed by atoms with Crippen molar-refractivity contribution in [3.05, 3.63) is 18.4 Å². The van der Waals surface area contributed by atoms with Crippen LogP contribution in [0.4, 0.5) is 0 Å². The van der Waals surface area contributed by atoms with E-state index in [1.807, 2.05) is 0 Å². The summed E-state index contributed by atoms with van der Waals surface area (Å²) in [5.41, 5.74) is 6.33. The third-order valence-electron chi connectivity index (χ3n) is 0.144. The van der Waals surface area contributed by atoms with Gasteiger partial charge >= 0.3 is 0 Å². The first kappa shape index (κ1) is 9.47. The summed E-state index contributed by atoms with van der Waals surface area (Å²) in [7, 11) is 0. The Hall–Kier alpha value is 1.14. The van der Waals surface area contributed by atoms with Crippen molar-refractivity contribution in [2.45, 2.75) is 0 Å². The van der Waals surface area contributed by atoms with Gasteiger partial charge < -0.3 is 5.73 Å². The quantitative estimate of drug-likeness (QED) is 0.646. The van der Waals surface area contributed by atoms with Crippen LogP contribution in [0.5, 0.6) is 0 Å². The molecule has 0 amide bonds. The zero-order chi connectivity index (χ0) is 3.41. The van der Waals surface area contributed by atoms with Crippen LogP contribution in [0.3, 0.4) is 0 Å². The van der Waals surface area contributed by atoms with Gasteiger partial charge in [-0.3, -0.25) is 0 Å². The molecule has 27 valence electrons. The van der Waals surface area contributed by atoms with Crippen molar-refractivity contribution in [2.24, 2.45) is 0 Å². The van der Waals surface area contributed by atoms with E-state index in [1.54, 1.807) is 6.08 Å². The van der Waals surface area contributed by atoms with Crippen LogP contribution in [0.15, 0.2) is 12.7 Å². The second-order valence-electron chi connectivity index (χ2n) is 0.493. The van der Waals surface area contributed by atoms with E-state index in [2.05, 4.69) is 6.58 Å². The normalized spacial score (nSPS) is 5.00. The molecule has 0 aliphatic rings. The molecule has 2 heteroatoms. The Kier molecular flexibility index (Phi) is 16.9. The van der Waals surface area contributed by atoms with Gasteiger partial charge in [0.25, 0.3) is 0 Å². The maximum atomic E-state index is 6.33. The zero-order valence-corrected chi connectivity index (χ0v) is 7.81. The molecule has 0 saturated heterocycles. The second-order valence-corrected chi connectivity index (χ2v) is 0.493. The Balaban J connectivity index is 0. The monoisotopic (exact) mass is 283 g/mol. The summed E-state index contributed by atoms with van der Waals surface area (Å²) in [5, 5.41) is 0. The molecule has 0 atom stereocenters. The van der Waals surface area contributed by atoms with Crippen molar-refractivity contribution >= 4 is 0 Å². The maximum Gasteiger partial charge on any atom is 0 e. The SMILES string of the molecule is C=CC[NH-].[Ac]. The molecule has 0 aromatic carbocycles. The minimum absolute atomic E-state index is 0. The number of rotatable bonds is 1. The average Bonchev–Trinajstić information content (AvgIpc) is 1.37. The fourth-order valence-electron chi connectivity index (χ4n) is 0. The van der Waals surface area contributed by atoms with E-state index in [4.69, 9.17) is 5.73 Å². The summed E-state index contributed by atoms with van der Waals surface area (Å²) >= 11 is 0. The summed E-state index contributed by atoms with van der Waals surface area (Å²) in [4.78, 5) is 0. The van der Waals surface area contributed by atoms with Crippen molar-refractivity contribution in [3.8, 4) is 0 Å². The average molecular weight is 283 g/mol. The van der Waals surface area contributed by atoms with Crippen LogP contribution in [-0.4, -0.2) is 6.54 Å². The van der Waals surface area contributed by atoms with Gasteiger partial charge in [0, 0.05) is 44.1 Å². The van der Waals surface area contributed by atoms with Crippen LogP contribution in [0, 0.1) is 44.1 Å². The van der Waals surface area contributed by atoms with Crippen LogP contribution >= 0.6 is 0 Å². The van der Waals surface area contributed by atoms with Gasteiger partial charge in [-0.2, -0.15) is 0 Å². The minimum Gasteiger partial charge on any atom is -0.674 e. The van der Waals surface area contributed by atoms with Gasteiger partial charge in [0.05, 0.1) is 0 Å². The fraction of sp³-hybridized carbons (Fsp3) is 0.333. The van der Waals surface area contributed by atoms with Crippen molar-refractivity contribution in [3.63, 3.8) is 0 Å². The number of nitrogens with one attached hydrogen (secondary N) is 1. The molecule has 0 unspecified atom stereocenters. The molecule has 1 nitrogen and oxygen atoms in total. The summed E-state index contributed by atoms with van der Waals surface area (Å²) in [5.74, 6) is 0. The summed E-state index contributed by atoms with van der Waals surface area (Å²) in [6.07, 6.45) is 1.54. The molecule has 0 aliphatic heterocycles. The second kappa shape index (κ2) is 8.94. The summed E-state index contributed by atoms with van der Waals surface area (Å²) in [6, 6.07) is 0. The Bertz CT molecular complexity index is 20.9. The predicted octanol–water partition coefficient (Wildman–Crippen LogP) is 1.22. The topological polar surface area (TPSA) is 23.8 Å². The van der Waals surface area contributed by atoms with E-state index in [0.29, 0.717) is 6.54 Å². The Labute approximate surface area is 68.2 Å². The maximum absolute atomic E-state index is 6.33. The predicted molar refractivity (Wildman–Crippen MR) is 19.4 cm³/mol. The molecule has 0 saturated carbocycles. The number of hydrogen-bond acceptors (Lipinski definition) is 0. The molecule has 0 aromatic heterocycles. The van der Waals surface area contributed by atoms with Crippen molar-refractivity contribution in [2.75, 3.05) is 6.54 Å². The van der Waals surface area contributed by atoms with Crippen molar-refractivity contribution in [1.82, 2.24) is 0 Å². The fourth-order valence-corrected chi connectivity index (χ4v) is 0. The molecular formula is C3H6AcN-. The first-order valence-corrected chi connectivity index (χ1v) is 1.17. The Morgan fingerprint density at radius 3 is 2.00 bits per heavy atom.